The van der Waals surface area contributed by atoms with Gasteiger partial charge in [0.2, 0.25) is 5.91 Å². The molecule has 1 aliphatic rings. The Morgan fingerprint density at radius 1 is 1.05 bits per heavy atom. The van der Waals surface area contributed by atoms with Gasteiger partial charge in [-0.25, -0.2) is 9.07 Å². The van der Waals surface area contributed by atoms with E-state index in [-0.39, 0.29) is 29.3 Å². The van der Waals surface area contributed by atoms with Crippen LogP contribution in [-0.4, -0.2) is 46.2 Å². The van der Waals surface area contributed by atoms with Crippen molar-refractivity contribution in [1.82, 2.24) is 14.7 Å². The molecule has 0 bridgehead atoms. The maximum Gasteiger partial charge on any atom is 0.274 e. The van der Waals surface area contributed by atoms with Gasteiger partial charge in [-0.1, -0.05) is 23.2 Å². The van der Waals surface area contributed by atoms with Crippen LogP contribution in [0.4, 0.5) is 4.39 Å². The number of rotatable bonds is 5. The molecule has 2 heterocycles. The zero-order valence-electron chi connectivity index (χ0n) is 23.0. The molecule has 0 atom stereocenters. The third kappa shape index (κ3) is 5.11. The summed E-state index contributed by atoms with van der Waals surface area (Å²) >= 11 is 12.7. The highest BCUT2D eigenvalue weighted by Crippen LogP contribution is 2.47. The zero-order valence-corrected chi connectivity index (χ0v) is 24.5. The Balaban J connectivity index is 1.81. The predicted molar refractivity (Wildman–Crippen MR) is 156 cm³/mol. The fourth-order valence-electron chi connectivity index (χ4n) is 4.63. The van der Waals surface area contributed by atoms with E-state index in [0.717, 1.165) is 0 Å². The first kappa shape index (κ1) is 28.4. The van der Waals surface area contributed by atoms with E-state index in [1.807, 2.05) is 20.8 Å². The second-order valence-corrected chi connectivity index (χ2v) is 11.5. The molecule has 2 amide bonds. The lowest BCUT2D eigenvalue weighted by molar-refractivity contribution is 0.0646. The van der Waals surface area contributed by atoms with Gasteiger partial charge in [-0.05, 0) is 63.2 Å². The second kappa shape index (κ2) is 10.4. The summed E-state index contributed by atoms with van der Waals surface area (Å²) in [5, 5.41) is 5.50. The third-order valence-electron chi connectivity index (χ3n) is 7.06. The number of benzene rings is 3. The fourth-order valence-corrected chi connectivity index (χ4v) is 5.14. The number of nitrogens with two attached hydrogens (primary N) is 1. The van der Waals surface area contributed by atoms with E-state index in [4.69, 9.17) is 43.5 Å². The van der Waals surface area contributed by atoms with E-state index in [1.54, 1.807) is 47.0 Å². The number of methoxy groups -OCH3 is 1. The lowest BCUT2D eigenvalue weighted by Gasteiger charge is -2.31. The molecule has 2 N–H and O–H groups in total. The minimum Gasteiger partial charge on any atom is -0.496 e. The summed E-state index contributed by atoms with van der Waals surface area (Å²) in [6.45, 7) is 5.81. The second-order valence-electron chi connectivity index (χ2n) is 10.6. The monoisotopic (exact) mass is 596 g/mol. The van der Waals surface area contributed by atoms with Gasteiger partial charge < -0.3 is 20.1 Å². The molecular formula is C30H27Cl2FN4O4. The molecule has 5 rings (SSSR count). The van der Waals surface area contributed by atoms with Gasteiger partial charge in [-0.3, -0.25) is 9.59 Å². The Labute approximate surface area is 246 Å². The highest BCUT2D eigenvalue weighted by Gasteiger charge is 2.35. The summed E-state index contributed by atoms with van der Waals surface area (Å²) in [4.78, 5) is 27.2. The van der Waals surface area contributed by atoms with Crippen molar-refractivity contribution >= 4 is 35.0 Å². The number of carbonyl (C=O) groups excluding carboxylic acids is 2. The van der Waals surface area contributed by atoms with Crippen LogP contribution in [0.2, 0.25) is 10.0 Å². The number of ether oxygens (including phenoxy) is 2. The molecule has 1 aromatic heterocycles. The predicted octanol–water partition coefficient (Wildman–Crippen LogP) is 6.52. The number of hydrogen-bond donors (Lipinski definition) is 1. The smallest absolute Gasteiger partial charge is 0.274 e. The van der Waals surface area contributed by atoms with Gasteiger partial charge in [0.15, 0.2) is 5.69 Å². The fraction of sp³-hybridized carbons (Fsp3) is 0.233. The van der Waals surface area contributed by atoms with Crippen LogP contribution in [0.15, 0.2) is 48.5 Å². The van der Waals surface area contributed by atoms with E-state index in [1.165, 1.54) is 25.3 Å². The zero-order chi connectivity index (χ0) is 29.8. The Hall–Kier alpha value is -4.08. The van der Waals surface area contributed by atoms with E-state index < -0.39 is 17.3 Å². The van der Waals surface area contributed by atoms with E-state index in [0.29, 0.717) is 49.6 Å². The number of aromatic nitrogens is 2. The molecule has 0 unspecified atom stereocenters. The first-order valence-electron chi connectivity index (χ1n) is 12.6. The Kier molecular flexibility index (Phi) is 7.21. The van der Waals surface area contributed by atoms with Crippen molar-refractivity contribution in [2.45, 2.75) is 32.9 Å². The van der Waals surface area contributed by atoms with Gasteiger partial charge >= 0.3 is 0 Å². The first-order chi connectivity index (χ1) is 19.3. The van der Waals surface area contributed by atoms with E-state index in [9.17, 15) is 9.59 Å². The molecule has 3 aromatic carbocycles. The van der Waals surface area contributed by atoms with Crippen LogP contribution in [0.1, 0.15) is 47.2 Å². The quantitative estimate of drug-likeness (QED) is 0.282. The van der Waals surface area contributed by atoms with Crippen LogP contribution >= 0.6 is 23.2 Å². The molecule has 11 heteroatoms. The summed E-state index contributed by atoms with van der Waals surface area (Å²) in [6.07, 6.45) is 0. The average Bonchev–Trinajstić information content (AvgIpc) is 3.31. The third-order valence-corrected chi connectivity index (χ3v) is 7.50. The molecule has 0 fully saturated rings. The SMILES string of the molecule is COc1cc2c(cc1-c1cc(C(N)=O)ccc1F)-c1c(c(C(=O)N(C)C(C)(C)C)nn1-c1cc(Cl)cc(Cl)c1)CO2. The minimum atomic E-state index is -0.698. The maximum atomic E-state index is 15.2. The molecule has 4 aromatic rings. The summed E-state index contributed by atoms with van der Waals surface area (Å²) < 4.78 is 28.4. The van der Waals surface area contributed by atoms with Crippen molar-refractivity contribution in [2.75, 3.05) is 14.2 Å². The molecule has 8 nitrogen and oxygen atoms in total. The summed E-state index contributed by atoms with van der Waals surface area (Å²) in [5.41, 5.74) is 7.89. The van der Waals surface area contributed by atoms with Gasteiger partial charge in [0.1, 0.15) is 23.9 Å². The van der Waals surface area contributed by atoms with Crippen molar-refractivity contribution in [3.63, 3.8) is 0 Å². The molecule has 41 heavy (non-hydrogen) atoms. The number of amides is 2. The topological polar surface area (TPSA) is 99.7 Å². The Bertz CT molecular complexity index is 1710. The van der Waals surface area contributed by atoms with Gasteiger partial charge in [-0.15, -0.1) is 0 Å². The van der Waals surface area contributed by atoms with Crippen LogP contribution in [0.25, 0.3) is 28.1 Å². The molecular weight excluding hydrogens is 570 g/mol. The van der Waals surface area contributed by atoms with Crippen molar-refractivity contribution in [2.24, 2.45) is 5.73 Å². The summed E-state index contributed by atoms with van der Waals surface area (Å²) in [6, 6.07) is 12.1. The Morgan fingerprint density at radius 3 is 2.34 bits per heavy atom. The van der Waals surface area contributed by atoms with Crippen LogP contribution in [0.3, 0.4) is 0 Å². The van der Waals surface area contributed by atoms with Crippen molar-refractivity contribution in [1.29, 1.82) is 0 Å². The number of fused-ring (bicyclic) bond motifs is 3. The number of nitrogens with zero attached hydrogens (tertiary/aromatic N) is 3. The maximum absolute atomic E-state index is 15.2. The molecule has 0 aliphatic carbocycles. The largest absolute Gasteiger partial charge is 0.496 e. The van der Waals surface area contributed by atoms with Gasteiger partial charge in [0, 0.05) is 56.5 Å². The van der Waals surface area contributed by atoms with Gasteiger partial charge in [0.25, 0.3) is 5.91 Å². The standard InChI is InChI=1S/C30H27Cl2FN4O4/c1-30(2,3)36(4)29(39)26-22-14-41-25-13-24(40-5)20(19-8-15(28(34)38)6-7-23(19)33)12-21(25)27(22)37(35-26)18-10-16(31)9-17(32)11-18/h6-13H,14H2,1-5H3,(H2,34,38). The lowest BCUT2D eigenvalue weighted by atomic mass is 9.94. The Morgan fingerprint density at radius 2 is 1.73 bits per heavy atom. The normalized spacial score (nSPS) is 12.3. The van der Waals surface area contributed by atoms with Crippen LogP contribution in [0, 0.1) is 5.82 Å². The molecule has 0 saturated carbocycles. The van der Waals surface area contributed by atoms with Gasteiger partial charge in [0.05, 0.1) is 18.5 Å². The number of halogens is 3. The van der Waals surface area contributed by atoms with Gasteiger partial charge in [-0.2, -0.15) is 5.10 Å². The molecule has 212 valence electrons. The van der Waals surface area contributed by atoms with Crippen molar-refractivity contribution in [3.8, 4) is 39.6 Å². The van der Waals surface area contributed by atoms with E-state index >= 15 is 4.39 Å². The summed E-state index contributed by atoms with van der Waals surface area (Å²) in [5.74, 6) is -0.837. The number of carbonyl (C=O) groups is 2. The minimum absolute atomic E-state index is 0.0453. The molecule has 0 spiro atoms. The highest BCUT2D eigenvalue weighted by molar-refractivity contribution is 6.34. The van der Waals surface area contributed by atoms with Crippen molar-refractivity contribution in [3.05, 3.63) is 81.2 Å². The molecule has 1 aliphatic heterocycles. The number of primary amides is 1. The molecule has 0 saturated heterocycles. The van der Waals surface area contributed by atoms with Crippen LogP contribution in [-0.2, 0) is 6.61 Å². The van der Waals surface area contributed by atoms with Crippen LogP contribution < -0.4 is 15.2 Å². The average molecular weight is 597 g/mol. The van der Waals surface area contributed by atoms with Crippen LogP contribution in [0.5, 0.6) is 11.5 Å². The number of hydrogen-bond acceptors (Lipinski definition) is 5. The molecule has 0 radical (unpaired) electrons. The van der Waals surface area contributed by atoms with Crippen molar-refractivity contribution < 1.29 is 23.5 Å². The highest BCUT2D eigenvalue weighted by atomic mass is 35.5. The summed E-state index contributed by atoms with van der Waals surface area (Å²) in [7, 11) is 3.16. The lowest BCUT2D eigenvalue weighted by Crippen LogP contribution is -2.43. The first-order valence-corrected chi connectivity index (χ1v) is 13.4. The van der Waals surface area contributed by atoms with E-state index in [2.05, 4.69) is 0 Å².